The topological polar surface area (TPSA) is 73.8 Å². The van der Waals surface area contributed by atoms with Gasteiger partial charge in [0, 0.05) is 0 Å². The van der Waals surface area contributed by atoms with Gasteiger partial charge in [0.25, 0.3) is 0 Å². The Morgan fingerprint density at radius 1 is 1.50 bits per heavy atom. The number of nitrogens with two attached hydrogens (primary N) is 1. The van der Waals surface area contributed by atoms with Crippen molar-refractivity contribution in [1.82, 2.24) is 14.5 Å². The Balaban J connectivity index is 2.58. The molecule has 0 aliphatic heterocycles. The highest BCUT2D eigenvalue weighted by molar-refractivity contribution is 7.17. The standard InChI is InChI=1S/C12H12N4OS/c1-3-5-8(4-2)6-16-11-9(18-12(16)17)10(13)14-7-15-11/h3-5,7H,1-2,6H2,(H2,13,14,15)/b8-5+. The summed E-state index contributed by atoms with van der Waals surface area (Å²) in [7, 11) is 0. The summed E-state index contributed by atoms with van der Waals surface area (Å²) in [6.07, 6.45) is 6.49. The summed E-state index contributed by atoms with van der Waals surface area (Å²) < 4.78 is 2.17. The first-order valence-corrected chi connectivity index (χ1v) is 6.03. The van der Waals surface area contributed by atoms with Gasteiger partial charge in [-0.15, -0.1) is 0 Å². The van der Waals surface area contributed by atoms with E-state index < -0.39 is 0 Å². The van der Waals surface area contributed by atoms with Crippen LogP contribution in [-0.2, 0) is 6.54 Å². The van der Waals surface area contributed by atoms with E-state index in [-0.39, 0.29) is 4.87 Å². The predicted octanol–water partition coefficient (Wildman–Crippen LogP) is 1.73. The van der Waals surface area contributed by atoms with Crippen LogP contribution in [0.5, 0.6) is 0 Å². The molecule has 2 aromatic heterocycles. The summed E-state index contributed by atoms with van der Waals surface area (Å²) in [6, 6.07) is 0. The van der Waals surface area contributed by atoms with Gasteiger partial charge in [0.05, 0.1) is 6.54 Å². The van der Waals surface area contributed by atoms with Gasteiger partial charge in [0.15, 0.2) is 5.65 Å². The van der Waals surface area contributed by atoms with Crippen molar-refractivity contribution < 1.29 is 0 Å². The average molecular weight is 260 g/mol. The Bertz CT molecular complexity index is 696. The summed E-state index contributed by atoms with van der Waals surface area (Å²) in [4.78, 5) is 19.8. The molecular formula is C12H12N4OS. The maximum atomic E-state index is 11.9. The molecule has 0 radical (unpaired) electrons. The molecule has 0 bridgehead atoms. The number of nitrogen functional groups attached to an aromatic ring is 1. The summed E-state index contributed by atoms with van der Waals surface area (Å²) >= 11 is 1.05. The van der Waals surface area contributed by atoms with Gasteiger partial charge in [-0.25, -0.2) is 9.97 Å². The van der Waals surface area contributed by atoms with Crippen molar-refractivity contribution in [3.8, 4) is 0 Å². The quantitative estimate of drug-likeness (QED) is 0.850. The van der Waals surface area contributed by atoms with E-state index in [1.807, 2.05) is 0 Å². The summed E-state index contributed by atoms with van der Waals surface area (Å²) in [5.41, 5.74) is 7.15. The molecule has 0 saturated heterocycles. The van der Waals surface area contributed by atoms with Gasteiger partial charge in [0.2, 0.25) is 0 Å². The SMILES string of the molecule is C=C/C=C(\C=C)Cn1c(=O)sc2c(N)ncnc21. The summed E-state index contributed by atoms with van der Waals surface area (Å²) in [5, 5.41) is 0. The van der Waals surface area contributed by atoms with Crippen molar-refractivity contribution in [2.75, 3.05) is 5.73 Å². The van der Waals surface area contributed by atoms with Gasteiger partial charge in [-0.2, -0.15) is 0 Å². The molecule has 5 nitrogen and oxygen atoms in total. The first-order valence-electron chi connectivity index (χ1n) is 5.21. The maximum absolute atomic E-state index is 11.9. The van der Waals surface area contributed by atoms with Gasteiger partial charge in [0.1, 0.15) is 16.8 Å². The Kier molecular flexibility index (Phi) is 3.38. The van der Waals surface area contributed by atoms with Gasteiger partial charge >= 0.3 is 4.87 Å². The average Bonchev–Trinajstić information content (AvgIpc) is 2.67. The number of anilines is 1. The van der Waals surface area contributed by atoms with Crippen LogP contribution >= 0.6 is 11.3 Å². The molecule has 0 unspecified atom stereocenters. The van der Waals surface area contributed by atoms with Gasteiger partial charge < -0.3 is 5.73 Å². The van der Waals surface area contributed by atoms with E-state index in [1.165, 1.54) is 6.33 Å². The fraction of sp³-hybridized carbons (Fsp3) is 0.0833. The van der Waals surface area contributed by atoms with Crippen molar-refractivity contribution in [2.24, 2.45) is 0 Å². The third-order valence-electron chi connectivity index (χ3n) is 2.41. The Hall–Kier alpha value is -2.21. The van der Waals surface area contributed by atoms with Gasteiger partial charge in [-0.1, -0.05) is 42.7 Å². The highest BCUT2D eigenvalue weighted by atomic mass is 32.1. The van der Waals surface area contributed by atoms with Crippen molar-refractivity contribution in [3.63, 3.8) is 0 Å². The number of hydrogen-bond donors (Lipinski definition) is 1. The van der Waals surface area contributed by atoms with E-state index in [9.17, 15) is 4.79 Å². The molecule has 0 fully saturated rings. The lowest BCUT2D eigenvalue weighted by Crippen LogP contribution is -2.14. The zero-order valence-corrected chi connectivity index (χ0v) is 10.5. The van der Waals surface area contributed by atoms with Gasteiger partial charge in [-0.3, -0.25) is 9.36 Å². The normalized spacial score (nSPS) is 11.7. The van der Waals surface area contributed by atoms with Crippen LogP contribution in [0.25, 0.3) is 10.3 Å². The lowest BCUT2D eigenvalue weighted by molar-refractivity contribution is 0.802. The van der Waals surface area contributed by atoms with Crippen LogP contribution in [0.4, 0.5) is 5.82 Å². The lowest BCUT2D eigenvalue weighted by atomic mass is 10.2. The zero-order chi connectivity index (χ0) is 13.1. The number of aromatic nitrogens is 3. The van der Waals surface area contributed by atoms with Crippen LogP contribution in [0.1, 0.15) is 0 Å². The first-order chi connectivity index (χ1) is 8.67. The third-order valence-corrected chi connectivity index (χ3v) is 3.40. The number of fused-ring (bicyclic) bond motifs is 1. The number of thiazole rings is 1. The number of hydrogen-bond acceptors (Lipinski definition) is 5. The van der Waals surface area contributed by atoms with E-state index in [0.717, 1.165) is 16.9 Å². The minimum atomic E-state index is -0.117. The molecule has 0 amide bonds. The molecule has 0 spiro atoms. The molecule has 2 rings (SSSR count). The Labute approximate surface area is 108 Å². The summed E-state index contributed by atoms with van der Waals surface area (Å²) in [5.74, 6) is 0.328. The minimum Gasteiger partial charge on any atom is -0.382 e. The molecule has 0 aliphatic rings. The second-order valence-corrected chi connectivity index (χ2v) is 4.51. The molecule has 0 aliphatic carbocycles. The molecule has 0 saturated carbocycles. The smallest absolute Gasteiger partial charge is 0.309 e. The predicted molar refractivity (Wildman–Crippen MR) is 74.6 cm³/mol. The number of rotatable bonds is 4. The van der Waals surface area contributed by atoms with Crippen LogP contribution in [0.3, 0.4) is 0 Å². The molecule has 2 aromatic rings. The molecule has 6 heteroatoms. The Morgan fingerprint density at radius 3 is 2.94 bits per heavy atom. The van der Waals surface area contributed by atoms with Crippen molar-refractivity contribution in [1.29, 1.82) is 0 Å². The fourth-order valence-corrected chi connectivity index (χ4v) is 2.40. The maximum Gasteiger partial charge on any atom is 0.309 e. The van der Waals surface area contributed by atoms with Crippen LogP contribution in [0, 0.1) is 0 Å². The minimum absolute atomic E-state index is 0.117. The number of allylic oxidation sites excluding steroid dienone is 4. The van der Waals surface area contributed by atoms with E-state index in [1.54, 1.807) is 22.8 Å². The van der Waals surface area contributed by atoms with Crippen LogP contribution in [0.15, 0.2) is 48.1 Å². The van der Waals surface area contributed by atoms with Crippen molar-refractivity contribution >= 4 is 27.5 Å². The first kappa shape index (κ1) is 12.3. The number of nitrogens with zero attached hydrogens (tertiary/aromatic N) is 3. The van der Waals surface area contributed by atoms with E-state index in [4.69, 9.17) is 5.73 Å². The van der Waals surface area contributed by atoms with Crippen LogP contribution in [0.2, 0.25) is 0 Å². The summed E-state index contributed by atoms with van der Waals surface area (Å²) in [6.45, 7) is 7.72. The molecule has 18 heavy (non-hydrogen) atoms. The molecular weight excluding hydrogens is 248 g/mol. The molecule has 0 atom stereocenters. The van der Waals surface area contributed by atoms with E-state index in [0.29, 0.717) is 22.7 Å². The Morgan fingerprint density at radius 2 is 2.28 bits per heavy atom. The van der Waals surface area contributed by atoms with Crippen molar-refractivity contribution in [2.45, 2.75) is 6.54 Å². The third kappa shape index (κ3) is 2.10. The van der Waals surface area contributed by atoms with Gasteiger partial charge in [-0.05, 0) is 5.57 Å². The second kappa shape index (κ2) is 4.97. The molecule has 2 heterocycles. The lowest BCUT2D eigenvalue weighted by Gasteiger charge is -2.03. The van der Waals surface area contributed by atoms with E-state index in [2.05, 4.69) is 23.1 Å². The van der Waals surface area contributed by atoms with Crippen LogP contribution < -0.4 is 10.6 Å². The second-order valence-electron chi connectivity index (χ2n) is 3.55. The highest BCUT2D eigenvalue weighted by Crippen LogP contribution is 2.20. The van der Waals surface area contributed by atoms with Crippen LogP contribution in [-0.4, -0.2) is 14.5 Å². The molecule has 0 aromatic carbocycles. The van der Waals surface area contributed by atoms with E-state index >= 15 is 0 Å². The van der Waals surface area contributed by atoms with Crippen molar-refractivity contribution in [3.05, 3.63) is 53.0 Å². The fourth-order valence-electron chi connectivity index (χ4n) is 1.56. The molecule has 92 valence electrons. The molecule has 2 N–H and O–H groups in total. The monoisotopic (exact) mass is 260 g/mol. The highest BCUT2D eigenvalue weighted by Gasteiger charge is 2.11. The zero-order valence-electron chi connectivity index (χ0n) is 9.67. The largest absolute Gasteiger partial charge is 0.382 e.